The Bertz CT molecular complexity index is 831. The van der Waals surface area contributed by atoms with Gasteiger partial charge in [0.05, 0.1) is 22.2 Å². The molecular weight excluding hydrogens is 324 g/mol. The quantitative estimate of drug-likeness (QED) is 0.448. The standard InChI is InChI=1S/C17H22N4O4/c1-3-4-5-6-12(2)19-16(22)10-20-11-18-15-8-7-13(21(24)25)9-14(15)17(20)23/h7-9,11-12H,3-6,10H2,1-2H3,(H,19,22). The first-order chi connectivity index (χ1) is 11.9. The maximum absolute atomic E-state index is 12.5. The molecule has 0 radical (unpaired) electrons. The van der Waals surface area contributed by atoms with Crippen molar-refractivity contribution in [1.29, 1.82) is 0 Å². The topological polar surface area (TPSA) is 107 Å². The number of hydrogen-bond acceptors (Lipinski definition) is 5. The van der Waals surface area contributed by atoms with Crippen LogP contribution >= 0.6 is 0 Å². The molecule has 1 heterocycles. The normalized spacial score (nSPS) is 12.1. The molecule has 1 aromatic carbocycles. The summed E-state index contributed by atoms with van der Waals surface area (Å²) < 4.78 is 1.17. The number of rotatable bonds is 8. The molecule has 8 heteroatoms. The highest BCUT2D eigenvalue weighted by molar-refractivity contribution is 5.81. The van der Waals surface area contributed by atoms with Crippen LogP contribution in [0.1, 0.15) is 39.5 Å². The van der Waals surface area contributed by atoms with E-state index in [9.17, 15) is 19.7 Å². The van der Waals surface area contributed by atoms with Crippen molar-refractivity contribution in [3.63, 3.8) is 0 Å². The molecule has 1 N–H and O–H groups in total. The minimum absolute atomic E-state index is 0.0317. The summed E-state index contributed by atoms with van der Waals surface area (Å²) in [6, 6.07) is 3.94. The van der Waals surface area contributed by atoms with E-state index >= 15 is 0 Å². The Morgan fingerprint density at radius 1 is 1.40 bits per heavy atom. The van der Waals surface area contributed by atoms with E-state index in [0.717, 1.165) is 25.7 Å². The molecule has 2 rings (SSSR count). The molecule has 0 spiro atoms. The van der Waals surface area contributed by atoms with Crippen molar-refractivity contribution >= 4 is 22.5 Å². The van der Waals surface area contributed by atoms with Crippen LogP contribution in [0.4, 0.5) is 5.69 Å². The van der Waals surface area contributed by atoms with Crippen LogP contribution in [0.15, 0.2) is 29.3 Å². The van der Waals surface area contributed by atoms with Gasteiger partial charge >= 0.3 is 0 Å². The number of benzene rings is 1. The number of non-ortho nitro benzene ring substituents is 1. The van der Waals surface area contributed by atoms with Gasteiger partial charge in [-0.15, -0.1) is 0 Å². The SMILES string of the molecule is CCCCCC(C)NC(=O)Cn1cnc2ccc([N+](=O)[O-])cc2c1=O. The number of aromatic nitrogens is 2. The number of nitrogens with zero attached hydrogens (tertiary/aromatic N) is 3. The van der Waals surface area contributed by atoms with Gasteiger partial charge in [0.2, 0.25) is 5.91 Å². The van der Waals surface area contributed by atoms with Crippen molar-refractivity contribution in [2.24, 2.45) is 0 Å². The van der Waals surface area contributed by atoms with Crippen LogP contribution in [0.2, 0.25) is 0 Å². The van der Waals surface area contributed by atoms with Crippen LogP contribution in [0.5, 0.6) is 0 Å². The summed E-state index contributed by atoms with van der Waals surface area (Å²) in [6.07, 6.45) is 5.45. The molecule has 0 aliphatic rings. The van der Waals surface area contributed by atoms with E-state index in [1.54, 1.807) is 0 Å². The second kappa shape index (κ2) is 8.36. The number of carbonyl (C=O) groups excluding carboxylic acids is 1. The van der Waals surface area contributed by atoms with Crippen molar-refractivity contribution in [3.8, 4) is 0 Å². The molecule has 0 fully saturated rings. The fourth-order valence-corrected chi connectivity index (χ4v) is 2.62. The number of unbranched alkanes of at least 4 members (excludes halogenated alkanes) is 2. The number of fused-ring (bicyclic) bond motifs is 1. The molecule has 1 amide bonds. The van der Waals surface area contributed by atoms with Crippen LogP contribution in [0, 0.1) is 10.1 Å². The van der Waals surface area contributed by atoms with Crippen molar-refractivity contribution in [3.05, 3.63) is 45.0 Å². The number of amides is 1. The van der Waals surface area contributed by atoms with E-state index in [0.29, 0.717) is 5.52 Å². The van der Waals surface area contributed by atoms with Gasteiger partial charge in [-0.25, -0.2) is 4.98 Å². The minimum Gasteiger partial charge on any atom is -0.352 e. The average molecular weight is 346 g/mol. The van der Waals surface area contributed by atoms with Gasteiger partial charge in [0, 0.05) is 18.2 Å². The first kappa shape index (κ1) is 18.6. The Balaban J connectivity index is 2.12. The smallest absolute Gasteiger partial charge is 0.270 e. The lowest BCUT2D eigenvalue weighted by Gasteiger charge is -2.14. The number of carbonyl (C=O) groups is 1. The maximum atomic E-state index is 12.5. The highest BCUT2D eigenvalue weighted by Crippen LogP contribution is 2.16. The molecule has 1 atom stereocenters. The Kier molecular flexibility index (Phi) is 6.21. The maximum Gasteiger partial charge on any atom is 0.270 e. The molecule has 0 aliphatic heterocycles. The van der Waals surface area contributed by atoms with Gasteiger partial charge in [-0.3, -0.25) is 24.3 Å². The van der Waals surface area contributed by atoms with Gasteiger partial charge in [-0.2, -0.15) is 0 Å². The molecule has 0 aliphatic carbocycles. The highest BCUT2D eigenvalue weighted by Gasteiger charge is 2.13. The molecule has 0 saturated carbocycles. The third-order valence-corrected chi connectivity index (χ3v) is 3.98. The fourth-order valence-electron chi connectivity index (χ4n) is 2.62. The zero-order chi connectivity index (χ0) is 18.4. The van der Waals surface area contributed by atoms with Crippen LogP contribution in [0.3, 0.4) is 0 Å². The van der Waals surface area contributed by atoms with E-state index in [-0.39, 0.29) is 29.6 Å². The summed E-state index contributed by atoms with van der Waals surface area (Å²) in [5.74, 6) is -0.280. The molecule has 1 aromatic heterocycles. The lowest BCUT2D eigenvalue weighted by Crippen LogP contribution is -2.37. The molecule has 2 aromatic rings. The number of nitro groups is 1. The highest BCUT2D eigenvalue weighted by atomic mass is 16.6. The summed E-state index contributed by atoms with van der Waals surface area (Å²) in [7, 11) is 0. The molecule has 0 bridgehead atoms. The van der Waals surface area contributed by atoms with E-state index in [2.05, 4.69) is 17.2 Å². The van der Waals surface area contributed by atoms with Gasteiger partial charge in [-0.05, 0) is 19.4 Å². The predicted octanol–water partition coefficient (Wildman–Crippen LogP) is 2.39. The van der Waals surface area contributed by atoms with Crippen molar-refractivity contribution in [1.82, 2.24) is 14.9 Å². The number of nitrogens with one attached hydrogen (secondary N) is 1. The second-order valence-corrected chi connectivity index (χ2v) is 6.10. The fraction of sp³-hybridized carbons (Fsp3) is 0.471. The first-order valence-electron chi connectivity index (χ1n) is 8.35. The largest absolute Gasteiger partial charge is 0.352 e. The van der Waals surface area contributed by atoms with E-state index in [1.165, 1.54) is 29.1 Å². The molecule has 8 nitrogen and oxygen atoms in total. The average Bonchev–Trinajstić information content (AvgIpc) is 2.57. The van der Waals surface area contributed by atoms with Crippen molar-refractivity contribution < 1.29 is 9.72 Å². The second-order valence-electron chi connectivity index (χ2n) is 6.10. The van der Waals surface area contributed by atoms with Crippen LogP contribution in [0.25, 0.3) is 10.9 Å². The third kappa shape index (κ3) is 4.85. The summed E-state index contributed by atoms with van der Waals surface area (Å²) in [6.45, 7) is 3.88. The Morgan fingerprint density at radius 3 is 2.84 bits per heavy atom. The molecule has 1 unspecified atom stereocenters. The van der Waals surface area contributed by atoms with Crippen molar-refractivity contribution in [2.45, 2.75) is 52.1 Å². The number of nitro benzene ring substituents is 1. The molecular formula is C17H22N4O4. The van der Waals surface area contributed by atoms with Crippen LogP contribution in [-0.4, -0.2) is 26.4 Å². The number of hydrogen-bond donors (Lipinski definition) is 1. The molecule has 0 saturated heterocycles. The van der Waals surface area contributed by atoms with Gasteiger partial charge in [-0.1, -0.05) is 26.2 Å². The Hall–Kier alpha value is -2.77. The Labute approximate surface area is 145 Å². The van der Waals surface area contributed by atoms with E-state index in [1.807, 2.05) is 6.92 Å². The van der Waals surface area contributed by atoms with Gasteiger partial charge in [0.15, 0.2) is 0 Å². The van der Waals surface area contributed by atoms with Crippen molar-refractivity contribution in [2.75, 3.05) is 0 Å². The zero-order valence-electron chi connectivity index (χ0n) is 14.4. The monoisotopic (exact) mass is 346 g/mol. The third-order valence-electron chi connectivity index (χ3n) is 3.98. The summed E-state index contributed by atoms with van der Waals surface area (Å²) >= 11 is 0. The van der Waals surface area contributed by atoms with Gasteiger partial charge in [0.1, 0.15) is 6.54 Å². The summed E-state index contributed by atoms with van der Waals surface area (Å²) in [5.41, 5.74) is -0.291. The summed E-state index contributed by atoms with van der Waals surface area (Å²) in [4.78, 5) is 39.0. The van der Waals surface area contributed by atoms with E-state index in [4.69, 9.17) is 0 Å². The zero-order valence-corrected chi connectivity index (χ0v) is 14.4. The first-order valence-corrected chi connectivity index (χ1v) is 8.35. The van der Waals surface area contributed by atoms with Gasteiger partial charge < -0.3 is 5.32 Å². The van der Waals surface area contributed by atoms with Crippen LogP contribution < -0.4 is 10.9 Å². The summed E-state index contributed by atoms with van der Waals surface area (Å²) in [5, 5.41) is 13.8. The predicted molar refractivity (Wildman–Crippen MR) is 94.4 cm³/mol. The lowest BCUT2D eigenvalue weighted by atomic mass is 10.1. The van der Waals surface area contributed by atoms with E-state index < -0.39 is 10.5 Å². The van der Waals surface area contributed by atoms with Gasteiger partial charge in [0.25, 0.3) is 11.2 Å². The minimum atomic E-state index is -0.569. The van der Waals surface area contributed by atoms with Crippen LogP contribution in [-0.2, 0) is 11.3 Å². The Morgan fingerprint density at radius 2 is 2.16 bits per heavy atom. The molecule has 134 valence electrons. The molecule has 25 heavy (non-hydrogen) atoms. The lowest BCUT2D eigenvalue weighted by molar-refractivity contribution is -0.384.